The summed E-state index contributed by atoms with van der Waals surface area (Å²) in [6.45, 7) is 16.8. The molecule has 0 heteroatoms. The second kappa shape index (κ2) is 3.87. The maximum atomic E-state index is 2.49. The lowest BCUT2D eigenvalue weighted by atomic mass is 9.86. The van der Waals surface area contributed by atoms with Gasteiger partial charge in [-0.2, -0.15) is 0 Å². The van der Waals surface area contributed by atoms with Crippen molar-refractivity contribution in [2.75, 3.05) is 0 Å². The molecule has 0 aromatic carbocycles. The van der Waals surface area contributed by atoms with Gasteiger partial charge in [-0.3, -0.25) is 0 Å². The zero-order valence-corrected chi connectivity index (χ0v) is 11.1. The second-order valence-electron chi connectivity index (χ2n) is 6.37. The zero-order valence-electron chi connectivity index (χ0n) is 11.1. The maximum Gasteiger partial charge on any atom is -0.0243 e. The average molecular weight is 196 g/mol. The smallest absolute Gasteiger partial charge is 0.0243 e. The van der Waals surface area contributed by atoms with E-state index in [1.54, 1.807) is 0 Å². The minimum Gasteiger partial charge on any atom is -0.0625 e. The Morgan fingerprint density at radius 2 is 1.57 bits per heavy atom. The molecule has 1 aliphatic carbocycles. The van der Waals surface area contributed by atoms with E-state index in [0.717, 1.165) is 29.6 Å². The topological polar surface area (TPSA) is 0 Å². The van der Waals surface area contributed by atoms with Gasteiger partial charge in [0.1, 0.15) is 0 Å². The van der Waals surface area contributed by atoms with Crippen LogP contribution in [0.1, 0.15) is 54.9 Å². The van der Waals surface area contributed by atoms with Crippen molar-refractivity contribution in [3.05, 3.63) is 0 Å². The minimum absolute atomic E-state index is 0.642. The van der Waals surface area contributed by atoms with Gasteiger partial charge in [-0.25, -0.2) is 0 Å². The quantitative estimate of drug-likeness (QED) is 0.616. The monoisotopic (exact) mass is 196 g/mol. The molecule has 0 heterocycles. The van der Waals surface area contributed by atoms with Gasteiger partial charge in [0.2, 0.25) is 0 Å². The Balaban J connectivity index is 2.50. The van der Waals surface area contributed by atoms with Crippen molar-refractivity contribution < 1.29 is 0 Å². The Labute approximate surface area is 90.5 Å². The van der Waals surface area contributed by atoms with Crippen LogP contribution in [-0.4, -0.2) is 0 Å². The van der Waals surface area contributed by atoms with Crippen LogP contribution in [0.4, 0.5) is 0 Å². The summed E-state index contributed by atoms with van der Waals surface area (Å²) in [4.78, 5) is 0. The molecule has 14 heavy (non-hydrogen) atoms. The van der Waals surface area contributed by atoms with E-state index in [9.17, 15) is 0 Å². The van der Waals surface area contributed by atoms with E-state index in [0.29, 0.717) is 5.41 Å². The summed E-state index contributed by atoms with van der Waals surface area (Å²) in [5.41, 5.74) is 0.642. The first kappa shape index (κ1) is 12.1. The van der Waals surface area contributed by atoms with Crippen molar-refractivity contribution in [3.8, 4) is 0 Å². The summed E-state index contributed by atoms with van der Waals surface area (Å²) in [6, 6.07) is 0. The van der Waals surface area contributed by atoms with Gasteiger partial charge in [-0.05, 0) is 41.4 Å². The van der Waals surface area contributed by atoms with Crippen LogP contribution < -0.4 is 0 Å². The zero-order chi connectivity index (χ0) is 11.1. The molecule has 0 radical (unpaired) electrons. The third-order valence-corrected chi connectivity index (χ3v) is 5.28. The van der Waals surface area contributed by atoms with Crippen molar-refractivity contribution in [2.24, 2.45) is 35.0 Å². The van der Waals surface area contributed by atoms with E-state index in [2.05, 4.69) is 48.5 Å². The third kappa shape index (κ3) is 1.85. The van der Waals surface area contributed by atoms with Gasteiger partial charge in [0, 0.05) is 0 Å². The fourth-order valence-electron chi connectivity index (χ4n) is 2.95. The Morgan fingerprint density at radius 3 is 1.86 bits per heavy atom. The van der Waals surface area contributed by atoms with Crippen molar-refractivity contribution in [2.45, 2.75) is 54.9 Å². The fraction of sp³-hybridized carbons (Fsp3) is 1.00. The SMILES string of the molecule is CC(C)C(C)CC1C(C)C1(C)C(C)C. The van der Waals surface area contributed by atoms with Gasteiger partial charge in [-0.15, -0.1) is 0 Å². The summed E-state index contributed by atoms with van der Waals surface area (Å²) < 4.78 is 0. The van der Waals surface area contributed by atoms with E-state index in [4.69, 9.17) is 0 Å². The molecule has 0 amide bonds. The van der Waals surface area contributed by atoms with Crippen LogP contribution in [-0.2, 0) is 0 Å². The van der Waals surface area contributed by atoms with Gasteiger partial charge >= 0.3 is 0 Å². The van der Waals surface area contributed by atoms with Gasteiger partial charge in [0.25, 0.3) is 0 Å². The van der Waals surface area contributed by atoms with Crippen LogP contribution in [0.2, 0.25) is 0 Å². The summed E-state index contributed by atoms with van der Waals surface area (Å²) in [5.74, 6) is 4.52. The molecule has 0 N–H and O–H groups in total. The molecule has 0 nitrogen and oxygen atoms in total. The molecule has 0 spiro atoms. The lowest BCUT2D eigenvalue weighted by Crippen LogP contribution is -2.12. The summed E-state index contributed by atoms with van der Waals surface area (Å²) >= 11 is 0. The molecule has 0 bridgehead atoms. The lowest BCUT2D eigenvalue weighted by Gasteiger charge is -2.20. The largest absolute Gasteiger partial charge is 0.0625 e. The van der Waals surface area contributed by atoms with Crippen LogP contribution in [0.5, 0.6) is 0 Å². The predicted molar refractivity (Wildman–Crippen MR) is 64.2 cm³/mol. The first-order valence-corrected chi connectivity index (χ1v) is 6.31. The Kier molecular flexibility index (Phi) is 3.33. The van der Waals surface area contributed by atoms with E-state index in [1.807, 2.05) is 0 Å². The molecule has 0 aliphatic heterocycles. The van der Waals surface area contributed by atoms with Gasteiger partial charge in [0.15, 0.2) is 0 Å². The standard InChI is InChI=1S/C14H28/c1-9(2)11(5)8-13-12(6)14(13,7)10(3)4/h9-13H,8H2,1-7H3. The second-order valence-corrected chi connectivity index (χ2v) is 6.37. The molecule has 0 aromatic heterocycles. The minimum atomic E-state index is 0.642. The summed E-state index contributed by atoms with van der Waals surface area (Å²) in [6.07, 6.45) is 1.44. The van der Waals surface area contributed by atoms with Crippen molar-refractivity contribution >= 4 is 0 Å². The van der Waals surface area contributed by atoms with Crippen LogP contribution in [0.25, 0.3) is 0 Å². The molecule has 1 aliphatic rings. The highest BCUT2D eigenvalue weighted by molar-refractivity contribution is 5.07. The van der Waals surface area contributed by atoms with E-state index < -0.39 is 0 Å². The van der Waals surface area contributed by atoms with E-state index in [-0.39, 0.29) is 0 Å². The lowest BCUT2D eigenvalue weighted by molar-refractivity contribution is 0.298. The summed E-state index contributed by atoms with van der Waals surface area (Å²) in [7, 11) is 0. The Hall–Kier alpha value is 0. The molecule has 1 rings (SSSR count). The molecule has 4 atom stereocenters. The van der Waals surface area contributed by atoms with Crippen LogP contribution >= 0.6 is 0 Å². The normalized spacial score (nSPS) is 39.2. The number of rotatable bonds is 4. The van der Waals surface area contributed by atoms with Crippen LogP contribution in [0, 0.1) is 35.0 Å². The molecular weight excluding hydrogens is 168 g/mol. The molecule has 84 valence electrons. The highest BCUT2D eigenvalue weighted by atomic mass is 14.6. The van der Waals surface area contributed by atoms with E-state index >= 15 is 0 Å². The van der Waals surface area contributed by atoms with Crippen LogP contribution in [0.3, 0.4) is 0 Å². The van der Waals surface area contributed by atoms with Gasteiger partial charge in [0.05, 0.1) is 0 Å². The predicted octanol–water partition coefficient (Wildman–Crippen LogP) is 4.60. The molecule has 0 saturated heterocycles. The Morgan fingerprint density at radius 1 is 1.07 bits per heavy atom. The average Bonchev–Trinajstić information content (AvgIpc) is 2.58. The molecule has 1 saturated carbocycles. The van der Waals surface area contributed by atoms with Gasteiger partial charge in [-0.1, -0.05) is 48.5 Å². The number of hydrogen-bond donors (Lipinski definition) is 0. The van der Waals surface area contributed by atoms with Crippen LogP contribution in [0.15, 0.2) is 0 Å². The van der Waals surface area contributed by atoms with Crippen molar-refractivity contribution in [1.29, 1.82) is 0 Å². The van der Waals surface area contributed by atoms with Crippen molar-refractivity contribution in [1.82, 2.24) is 0 Å². The molecule has 1 fully saturated rings. The molecular formula is C14H28. The number of hydrogen-bond acceptors (Lipinski definition) is 0. The molecule has 4 unspecified atom stereocenters. The van der Waals surface area contributed by atoms with Crippen molar-refractivity contribution in [3.63, 3.8) is 0 Å². The highest BCUT2D eigenvalue weighted by Gasteiger charge is 2.59. The summed E-state index contributed by atoms with van der Waals surface area (Å²) in [5, 5.41) is 0. The Bertz CT molecular complexity index is 192. The van der Waals surface area contributed by atoms with Gasteiger partial charge < -0.3 is 0 Å². The molecule has 0 aromatic rings. The third-order valence-electron chi connectivity index (χ3n) is 5.28. The fourth-order valence-corrected chi connectivity index (χ4v) is 2.95. The van der Waals surface area contributed by atoms with E-state index in [1.165, 1.54) is 6.42 Å². The highest BCUT2D eigenvalue weighted by Crippen LogP contribution is 2.65. The first-order chi connectivity index (χ1) is 6.31. The first-order valence-electron chi connectivity index (χ1n) is 6.31. The maximum absolute atomic E-state index is 2.49.